The molecule has 0 spiro atoms. The van der Waals surface area contributed by atoms with Crippen molar-refractivity contribution in [2.24, 2.45) is 14.1 Å². The second-order valence-electron chi connectivity index (χ2n) is 5.05. The minimum absolute atomic E-state index is 0.314. The first-order valence-electron chi connectivity index (χ1n) is 6.46. The van der Waals surface area contributed by atoms with Crippen LogP contribution in [0.2, 0.25) is 0 Å². The molecule has 0 aromatic carbocycles. The molecule has 0 amide bonds. The molecule has 0 bridgehead atoms. The smallest absolute Gasteiger partial charge is 0.332 e. The molecule has 0 saturated carbocycles. The fraction of sp³-hybridized carbons (Fsp3) is 0.583. The van der Waals surface area contributed by atoms with Crippen LogP contribution in [0.5, 0.6) is 0 Å². The van der Waals surface area contributed by atoms with Crippen molar-refractivity contribution < 1.29 is 0 Å². The summed E-state index contributed by atoms with van der Waals surface area (Å²) in [5, 5.41) is 3.30. The third kappa shape index (κ3) is 1.81. The van der Waals surface area contributed by atoms with Crippen LogP contribution in [0.4, 0.5) is 0 Å². The van der Waals surface area contributed by atoms with Gasteiger partial charge in [-0.15, -0.1) is 0 Å². The van der Waals surface area contributed by atoms with Crippen LogP contribution in [-0.4, -0.2) is 32.2 Å². The molecule has 3 rings (SSSR count). The second kappa shape index (κ2) is 4.34. The van der Waals surface area contributed by atoms with Gasteiger partial charge in [0.25, 0.3) is 5.56 Å². The number of rotatable bonds is 1. The van der Waals surface area contributed by atoms with E-state index in [-0.39, 0.29) is 11.2 Å². The van der Waals surface area contributed by atoms with E-state index in [4.69, 9.17) is 0 Å². The van der Waals surface area contributed by atoms with Crippen molar-refractivity contribution in [2.45, 2.75) is 18.8 Å². The summed E-state index contributed by atoms with van der Waals surface area (Å²) in [5.41, 5.74) is 0.200. The first-order chi connectivity index (χ1) is 9.09. The molecule has 1 saturated heterocycles. The molecule has 0 radical (unpaired) electrons. The summed E-state index contributed by atoms with van der Waals surface area (Å²) in [5.74, 6) is 1.14. The van der Waals surface area contributed by atoms with Gasteiger partial charge in [-0.3, -0.25) is 13.9 Å². The topological polar surface area (TPSA) is 84.7 Å². The van der Waals surface area contributed by atoms with Crippen LogP contribution in [0.15, 0.2) is 9.59 Å². The Hall–Kier alpha value is -1.89. The zero-order valence-electron chi connectivity index (χ0n) is 11.1. The van der Waals surface area contributed by atoms with Gasteiger partial charge in [-0.1, -0.05) is 0 Å². The molecular weight excluding hydrogens is 246 g/mol. The predicted octanol–water partition coefficient (Wildman–Crippen LogP) is -0.573. The normalized spacial score (nSPS) is 17.2. The Balaban J connectivity index is 2.20. The highest BCUT2D eigenvalue weighted by atomic mass is 16.2. The van der Waals surface area contributed by atoms with Crippen LogP contribution in [0, 0.1) is 0 Å². The van der Waals surface area contributed by atoms with Crippen molar-refractivity contribution in [1.29, 1.82) is 0 Å². The predicted molar refractivity (Wildman–Crippen MR) is 71.4 cm³/mol. The van der Waals surface area contributed by atoms with Gasteiger partial charge in [-0.05, 0) is 25.9 Å². The average Bonchev–Trinajstić information content (AvgIpc) is 2.89. The third-order valence-electron chi connectivity index (χ3n) is 3.84. The van der Waals surface area contributed by atoms with E-state index in [0.29, 0.717) is 17.1 Å². The molecule has 7 nitrogen and oxygen atoms in total. The molecule has 0 atom stereocenters. The first kappa shape index (κ1) is 12.2. The molecule has 102 valence electrons. The Morgan fingerprint density at radius 1 is 1.16 bits per heavy atom. The monoisotopic (exact) mass is 263 g/mol. The summed E-state index contributed by atoms with van der Waals surface area (Å²) in [6, 6.07) is 0. The van der Waals surface area contributed by atoms with Gasteiger partial charge in [-0.2, -0.15) is 0 Å². The van der Waals surface area contributed by atoms with E-state index in [1.54, 1.807) is 7.05 Å². The van der Waals surface area contributed by atoms with E-state index in [1.807, 2.05) is 0 Å². The molecule has 3 heterocycles. The number of H-pyrrole nitrogens is 1. The third-order valence-corrected chi connectivity index (χ3v) is 3.84. The molecule has 1 aliphatic rings. The Labute approximate surface area is 109 Å². The maximum absolute atomic E-state index is 12.1. The van der Waals surface area contributed by atoms with Crippen LogP contribution >= 0.6 is 0 Å². The van der Waals surface area contributed by atoms with Crippen molar-refractivity contribution in [1.82, 2.24) is 24.4 Å². The van der Waals surface area contributed by atoms with Crippen molar-refractivity contribution in [3.63, 3.8) is 0 Å². The molecule has 7 heteroatoms. The number of hydrogen-bond donors (Lipinski definition) is 2. The Morgan fingerprint density at radius 2 is 1.84 bits per heavy atom. The molecule has 2 N–H and O–H groups in total. The molecule has 0 unspecified atom stereocenters. The lowest BCUT2D eigenvalue weighted by Crippen LogP contribution is -2.36. The fourth-order valence-electron chi connectivity index (χ4n) is 2.63. The Bertz CT molecular complexity index is 733. The van der Waals surface area contributed by atoms with Gasteiger partial charge in [0.15, 0.2) is 5.65 Å². The van der Waals surface area contributed by atoms with Gasteiger partial charge in [0.2, 0.25) is 0 Å². The number of fused-ring (bicyclic) bond motifs is 1. The van der Waals surface area contributed by atoms with E-state index >= 15 is 0 Å². The van der Waals surface area contributed by atoms with Crippen LogP contribution < -0.4 is 16.6 Å². The van der Waals surface area contributed by atoms with Crippen LogP contribution in [0.1, 0.15) is 24.6 Å². The van der Waals surface area contributed by atoms with Crippen LogP contribution in [0.25, 0.3) is 11.2 Å². The van der Waals surface area contributed by atoms with E-state index in [1.165, 1.54) is 11.6 Å². The van der Waals surface area contributed by atoms with Gasteiger partial charge in [0.1, 0.15) is 11.3 Å². The number of imidazole rings is 1. The highest BCUT2D eigenvalue weighted by molar-refractivity contribution is 5.69. The molecule has 2 aromatic heterocycles. The average molecular weight is 263 g/mol. The second-order valence-corrected chi connectivity index (χ2v) is 5.05. The largest absolute Gasteiger partial charge is 0.336 e. The van der Waals surface area contributed by atoms with Gasteiger partial charge in [0, 0.05) is 20.0 Å². The lowest BCUT2D eigenvalue weighted by Gasteiger charge is -2.20. The van der Waals surface area contributed by atoms with Gasteiger partial charge >= 0.3 is 5.69 Å². The van der Waals surface area contributed by atoms with Crippen molar-refractivity contribution >= 4 is 11.2 Å². The zero-order valence-corrected chi connectivity index (χ0v) is 11.1. The highest BCUT2D eigenvalue weighted by Crippen LogP contribution is 2.23. The highest BCUT2D eigenvalue weighted by Gasteiger charge is 2.21. The zero-order chi connectivity index (χ0) is 13.6. The molecule has 1 aliphatic heterocycles. The summed E-state index contributed by atoms with van der Waals surface area (Å²) < 4.78 is 2.52. The summed E-state index contributed by atoms with van der Waals surface area (Å²) in [6.07, 6.45) is 1.99. The number of piperidine rings is 1. The number of aromatic nitrogens is 4. The summed E-state index contributed by atoms with van der Waals surface area (Å²) in [7, 11) is 3.12. The van der Waals surface area contributed by atoms with Crippen LogP contribution in [0.3, 0.4) is 0 Å². The van der Waals surface area contributed by atoms with Gasteiger partial charge in [-0.25, -0.2) is 9.78 Å². The Morgan fingerprint density at radius 3 is 2.53 bits per heavy atom. The molecule has 1 fully saturated rings. The lowest BCUT2D eigenvalue weighted by atomic mass is 9.98. The van der Waals surface area contributed by atoms with E-state index in [0.717, 1.165) is 36.3 Å². The van der Waals surface area contributed by atoms with E-state index < -0.39 is 0 Å². The molecule has 2 aromatic rings. The van der Waals surface area contributed by atoms with E-state index in [9.17, 15) is 9.59 Å². The first-order valence-corrected chi connectivity index (χ1v) is 6.46. The van der Waals surface area contributed by atoms with Crippen molar-refractivity contribution in [3.8, 4) is 0 Å². The summed E-state index contributed by atoms with van der Waals surface area (Å²) >= 11 is 0. The molecular formula is C12H17N5O2. The number of aryl methyl sites for hydroxylation is 1. The quantitative estimate of drug-likeness (QED) is 0.721. The number of nitrogens with one attached hydrogen (secondary N) is 2. The molecule has 0 aliphatic carbocycles. The maximum atomic E-state index is 12.1. The fourth-order valence-corrected chi connectivity index (χ4v) is 2.63. The maximum Gasteiger partial charge on any atom is 0.332 e. The standard InChI is InChI=1S/C12H17N5O2/c1-16-10-8(11(18)17(2)12(16)19)14-9(15-10)7-3-5-13-6-4-7/h7,13H,3-6H2,1-2H3,(H,14,15). The number of nitrogens with zero attached hydrogens (tertiary/aromatic N) is 3. The lowest BCUT2D eigenvalue weighted by molar-refractivity contribution is 0.448. The van der Waals surface area contributed by atoms with Crippen LogP contribution in [-0.2, 0) is 14.1 Å². The van der Waals surface area contributed by atoms with Crippen molar-refractivity contribution in [3.05, 3.63) is 26.7 Å². The van der Waals surface area contributed by atoms with Crippen molar-refractivity contribution in [2.75, 3.05) is 13.1 Å². The summed E-state index contributed by atoms with van der Waals surface area (Å²) in [4.78, 5) is 31.5. The number of hydrogen-bond acceptors (Lipinski definition) is 4. The van der Waals surface area contributed by atoms with E-state index in [2.05, 4.69) is 15.3 Å². The Kier molecular flexibility index (Phi) is 2.78. The molecule has 19 heavy (non-hydrogen) atoms. The SMILES string of the molecule is Cn1c(=O)c2[nH]c(C3CCNCC3)nc2n(C)c1=O. The number of aromatic amines is 1. The summed E-state index contributed by atoms with van der Waals surface area (Å²) in [6.45, 7) is 1.91. The minimum Gasteiger partial charge on any atom is -0.336 e. The van der Waals surface area contributed by atoms with Gasteiger partial charge in [0.05, 0.1) is 0 Å². The minimum atomic E-state index is -0.346. The van der Waals surface area contributed by atoms with Gasteiger partial charge < -0.3 is 10.3 Å².